The molecule has 1 fully saturated rings. The number of rotatable bonds is 8. The summed E-state index contributed by atoms with van der Waals surface area (Å²) in [5, 5.41) is 4.31. The SMILES string of the molecule is Cn1cc(-c2cc(CNCCC3CCCC3)ccc2Oc2ccc(F)cc2F)c2cc[nH]c(=O)c21. The molecule has 0 atom stereocenters. The second kappa shape index (κ2) is 10.0. The maximum Gasteiger partial charge on any atom is 0.272 e. The van der Waals surface area contributed by atoms with Crippen LogP contribution in [0.2, 0.25) is 0 Å². The smallest absolute Gasteiger partial charge is 0.272 e. The fourth-order valence-electron chi connectivity index (χ4n) is 5.08. The summed E-state index contributed by atoms with van der Waals surface area (Å²) in [5.74, 6) is -0.246. The van der Waals surface area contributed by atoms with E-state index in [4.69, 9.17) is 4.74 Å². The third-order valence-corrected chi connectivity index (χ3v) is 6.88. The third kappa shape index (κ3) is 5.00. The van der Waals surface area contributed by atoms with E-state index in [1.165, 1.54) is 38.2 Å². The Kier molecular flexibility index (Phi) is 6.68. The van der Waals surface area contributed by atoms with Gasteiger partial charge >= 0.3 is 0 Å². The van der Waals surface area contributed by atoms with Crippen LogP contribution in [0, 0.1) is 17.6 Å². The molecule has 4 aromatic rings. The zero-order valence-electron chi connectivity index (χ0n) is 19.7. The molecule has 5 rings (SSSR count). The standard InChI is InChI=1S/C28H29F2N3O2/c1-33-17-23(21-11-13-32-28(34)27(21)33)22-14-19(16-31-12-10-18-4-2-3-5-18)6-8-25(22)35-26-9-7-20(29)15-24(26)30/h6-9,11,13-15,17-18,31H,2-5,10,12,16H2,1H3,(H,32,34). The van der Waals surface area contributed by atoms with Crippen molar-refractivity contribution in [1.82, 2.24) is 14.9 Å². The maximum absolute atomic E-state index is 14.4. The molecule has 1 saturated carbocycles. The summed E-state index contributed by atoms with van der Waals surface area (Å²) >= 11 is 0. The van der Waals surface area contributed by atoms with Gasteiger partial charge in [-0.25, -0.2) is 8.78 Å². The quantitative estimate of drug-likeness (QED) is 0.294. The van der Waals surface area contributed by atoms with Crippen LogP contribution in [0.3, 0.4) is 0 Å². The van der Waals surface area contributed by atoms with E-state index in [0.29, 0.717) is 17.8 Å². The van der Waals surface area contributed by atoms with E-state index >= 15 is 0 Å². The summed E-state index contributed by atoms with van der Waals surface area (Å²) in [6.07, 6.45) is 10.0. The number of nitrogens with zero attached hydrogens (tertiary/aromatic N) is 1. The fraction of sp³-hybridized carbons (Fsp3) is 0.321. The van der Waals surface area contributed by atoms with Crippen molar-refractivity contribution in [3.05, 3.63) is 82.4 Å². The second-order valence-corrected chi connectivity index (χ2v) is 9.35. The molecule has 0 aliphatic heterocycles. The summed E-state index contributed by atoms with van der Waals surface area (Å²) in [5.41, 5.74) is 2.95. The molecule has 1 aliphatic rings. The summed E-state index contributed by atoms with van der Waals surface area (Å²) in [7, 11) is 1.82. The minimum atomic E-state index is -0.775. The van der Waals surface area contributed by atoms with Crippen LogP contribution < -0.4 is 15.6 Å². The van der Waals surface area contributed by atoms with E-state index in [0.717, 1.165) is 46.7 Å². The van der Waals surface area contributed by atoms with Gasteiger partial charge in [0.2, 0.25) is 0 Å². The van der Waals surface area contributed by atoms with E-state index in [-0.39, 0.29) is 11.3 Å². The van der Waals surface area contributed by atoms with Gasteiger partial charge in [0, 0.05) is 48.6 Å². The number of halogens is 2. The molecular formula is C28H29F2N3O2. The predicted molar refractivity (Wildman–Crippen MR) is 134 cm³/mol. The first-order chi connectivity index (χ1) is 17.0. The number of benzene rings is 2. The van der Waals surface area contributed by atoms with Crippen LogP contribution in [0.25, 0.3) is 22.0 Å². The van der Waals surface area contributed by atoms with Crippen molar-refractivity contribution >= 4 is 10.9 Å². The lowest BCUT2D eigenvalue weighted by molar-refractivity contribution is 0.439. The van der Waals surface area contributed by atoms with E-state index < -0.39 is 11.6 Å². The largest absolute Gasteiger partial charge is 0.454 e. The van der Waals surface area contributed by atoms with Gasteiger partial charge in [-0.3, -0.25) is 4.79 Å². The number of fused-ring (bicyclic) bond motifs is 1. The number of hydrogen-bond acceptors (Lipinski definition) is 3. The number of hydrogen-bond donors (Lipinski definition) is 2. The molecule has 2 aromatic carbocycles. The molecule has 35 heavy (non-hydrogen) atoms. The molecule has 0 spiro atoms. The first-order valence-corrected chi connectivity index (χ1v) is 12.1. The highest BCUT2D eigenvalue weighted by molar-refractivity contribution is 5.97. The van der Waals surface area contributed by atoms with Crippen LogP contribution in [-0.2, 0) is 13.6 Å². The highest BCUT2D eigenvalue weighted by Crippen LogP contribution is 2.38. The van der Waals surface area contributed by atoms with Crippen LogP contribution in [0.5, 0.6) is 11.5 Å². The van der Waals surface area contributed by atoms with Crippen molar-refractivity contribution in [3.63, 3.8) is 0 Å². The van der Waals surface area contributed by atoms with Gasteiger partial charge in [-0.1, -0.05) is 31.7 Å². The Morgan fingerprint density at radius 2 is 1.86 bits per heavy atom. The van der Waals surface area contributed by atoms with E-state index in [2.05, 4.69) is 10.3 Å². The monoisotopic (exact) mass is 477 g/mol. The molecule has 182 valence electrons. The van der Waals surface area contributed by atoms with Gasteiger partial charge in [-0.2, -0.15) is 0 Å². The van der Waals surface area contributed by atoms with Crippen LogP contribution in [0.15, 0.2) is 59.7 Å². The van der Waals surface area contributed by atoms with Gasteiger partial charge < -0.3 is 19.6 Å². The molecular weight excluding hydrogens is 448 g/mol. The molecule has 2 aromatic heterocycles. The maximum atomic E-state index is 14.4. The molecule has 1 aliphatic carbocycles. The Morgan fingerprint density at radius 3 is 2.66 bits per heavy atom. The molecule has 0 amide bonds. The number of aromatic amines is 1. The van der Waals surface area contributed by atoms with Gasteiger partial charge in [-0.05, 0) is 54.8 Å². The lowest BCUT2D eigenvalue weighted by Crippen LogP contribution is -2.17. The molecule has 7 heteroatoms. The second-order valence-electron chi connectivity index (χ2n) is 9.35. The number of ether oxygens (including phenoxy) is 1. The van der Waals surface area contributed by atoms with Crippen molar-refractivity contribution in [2.75, 3.05) is 6.54 Å². The van der Waals surface area contributed by atoms with Crippen LogP contribution in [-0.4, -0.2) is 16.1 Å². The molecule has 0 radical (unpaired) electrons. The van der Waals surface area contributed by atoms with Gasteiger partial charge in [-0.15, -0.1) is 0 Å². The lowest BCUT2D eigenvalue weighted by Gasteiger charge is -2.14. The third-order valence-electron chi connectivity index (χ3n) is 6.88. The van der Waals surface area contributed by atoms with E-state index in [1.807, 2.05) is 31.4 Å². The lowest BCUT2D eigenvalue weighted by atomic mass is 10.0. The molecule has 2 heterocycles. The molecule has 0 unspecified atom stereocenters. The molecule has 5 nitrogen and oxygen atoms in total. The average Bonchev–Trinajstić information content (AvgIpc) is 3.48. The highest BCUT2D eigenvalue weighted by Gasteiger charge is 2.18. The minimum absolute atomic E-state index is 0.0619. The summed E-state index contributed by atoms with van der Waals surface area (Å²) < 4.78 is 35.5. The van der Waals surface area contributed by atoms with Gasteiger partial charge in [0.25, 0.3) is 5.56 Å². The molecule has 0 bridgehead atoms. The Balaban J connectivity index is 1.48. The van der Waals surface area contributed by atoms with Crippen molar-refractivity contribution < 1.29 is 13.5 Å². The normalized spacial score (nSPS) is 14.1. The Labute approximate surface area is 202 Å². The number of aromatic nitrogens is 2. The Bertz CT molecular complexity index is 1400. The fourth-order valence-corrected chi connectivity index (χ4v) is 5.08. The van der Waals surface area contributed by atoms with E-state index in [9.17, 15) is 13.6 Å². The first kappa shape index (κ1) is 23.3. The topological polar surface area (TPSA) is 59.1 Å². The summed E-state index contributed by atoms with van der Waals surface area (Å²) in [4.78, 5) is 15.2. The van der Waals surface area contributed by atoms with Crippen LogP contribution in [0.1, 0.15) is 37.7 Å². The molecule has 2 N–H and O–H groups in total. The molecule has 0 saturated heterocycles. The number of pyridine rings is 1. The predicted octanol–water partition coefficient (Wildman–Crippen LogP) is 6.27. The summed E-state index contributed by atoms with van der Waals surface area (Å²) in [6, 6.07) is 10.9. The van der Waals surface area contributed by atoms with Crippen LogP contribution >= 0.6 is 0 Å². The Morgan fingerprint density at radius 1 is 1.06 bits per heavy atom. The average molecular weight is 478 g/mol. The van der Waals surface area contributed by atoms with Gasteiger partial charge in [0.05, 0.1) is 0 Å². The zero-order chi connectivity index (χ0) is 24.4. The van der Waals surface area contributed by atoms with Crippen molar-refractivity contribution in [2.24, 2.45) is 13.0 Å². The van der Waals surface area contributed by atoms with Gasteiger partial charge in [0.1, 0.15) is 17.1 Å². The van der Waals surface area contributed by atoms with Crippen molar-refractivity contribution in [3.8, 4) is 22.6 Å². The summed E-state index contributed by atoms with van der Waals surface area (Å²) in [6.45, 7) is 1.65. The van der Waals surface area contributed by atoms with Crippen molar-refractivity contribution in [2.45, 2.75) is 38.6 Å². The minimum Gasteiger partial charge on any atom is -0.454 e. The van der Waals surface area contributed by atoms with Gasteiger partial charge in [0.15, 0.2) is 11.6 Å². The number of aryl methyl sites for hydroxylation is 1. The van der Waals surface area contributed by atoms with Crippen LogP contribution in [0.4, 0.5) is 8.78 Å². The number of nitrogens with one attached hydrogen (secondary N) is 2. The Hall–Kier alpha value is -3.45. The van der Waals surface area contributed by atoms with E-state index in [1.54, 1.807) is 16.8 Å². The zero-order valence-corrected chi connectivity index (χ0v) is 19.7. The number of H-pyrrole nitrogens is 1. The van der Waals surface area contributed by atoms with Crippen molar-refractivity contribution in [1.29, 1.82) is 0 Å². The first-order valence-electron chi connectivity index (χ1n) is 12.1. The highest BCUT2D eigenvalue weighted by atomic mass is 19.1.